The highest BCUT2D eigenvalue weighted by molar-refractivity contribution is 7.99. The van der Waals surface area contributed by atoms with Gasteiger partial charge < -0.3 is 9.73 Å². The minimum absolute atomic E-state index is 0.112. The van der Waals surface area contributed by atoms with Crippen LogP contribution in [0, 0.1) is 18.3 Å². The third-order valence-corrected chi connectivity index (χ3v) is 5.41. The summed E-state index contributed by atoms with van der Waals surface area (Å²) in [5, 5.41) is 12.3. The summed E-state index contributed by atoms with van der Waals surface area (Å²) in [5.74, 6) is 0.374. The Morgan fingerprint density at radius 1 is 1.40 bits per heavy atom. The molecule has 0 aromatic carbocycles. The Morgan fingerprint density at radius 3 is 2.70 bits per heavy atom. The highest BCUT2D eigenvalue weighted by atomic mass is 35.5. The van der Waals surface area contributed by atoms with E-state index in [1.165, 1.54) is 0 Å². The van der Waals surface area contributed by atoms with E-state index in [1.807, 2.05) is 6.07 Å². The lowest BCUT2D eigenvalue weighted by atomic mass is 10.1. The van der Waals surface area contributed by atoms with Gasteiger partial charge in [-0.3, -0.25) is 9.36 Å². The molecule has 0 radical (unpaired) electrons. The number of carbonyl (C=O) groups excluding carboxylic acids is 1. The Kier molecular flexibility index (Phi) is 6.43. The Morgan fingerprint density at radius 2 is 2.10 bits per heavy atom. The van der Waals surface area contributed by atoms with Crippen molar-refractivity contribution in [1.29, 1.82) is 5.26 Å². The highest BCUT2D eigenvalue weighted by Gasteiger charge is 2.31. The smallest absolute Gasteiger partial charge is 0.417 e. The molecule has 0 saturated carbocycles. The monoisotopic (exact) mass is 454 g/mol. The van der Waals surface area contributed by atoms with Gasteiger partial charge in [0.05, 0.1) is 10.6 Å². The predicted octanol–water partition coefficient (Wildman–Crippen LogP) is 4.84. The first-order valence-corrected chi connectivity index (χ1v) is 9.89. The van der Waals surface area contributed by atoms with Gasteiger partial charge in [-0.05, 0) is 25.1 Å². The number of hydrogen-bond donors (Lipinski definition) is 1. The van der Waals surface area contributed by atoms with E-state index in [0.717, 1.165) is 17.8 Å². The van der Waals surface area contributed by atoms with Gasteiger partial charge in [-0.2, -0.15) is 18.4 Å². The summed E-state index contributed by atoms with van der Waals surface area (Å²) < 4.78 is 45.2. The summed E-state index contributed by atoms with van der Waals surface area (Å²) in [4.78, 5) is 16.3. The number of thioether (sulfide) groups is 1. The van der Waals surface area contributed by atoms with Gasteiger partial charge in [0.15, 0.2) is 0 Å². The van der Waals surface area contributed by atoms with Crippen LogP contribution in [0.2, 0.25) is 5.02 Å². The summed E-state index contributed by atoms with van der Waals surface area (Å²) in [6.07, 6.45) is -0.422. The number of rotatable bonds is 6. The van der Waals surface area contributed by atoms with E-state index in [4.69, 9.17) is 16.0 Å². The van der Waals surface area contributed by atoms with E-state index < -0.39 is 17.6 Å². The molecule has 0 fully saturated rings. The van der Waals surface area contributed by atoms with Crippen LogP contribution >= 0.6 is 23.4 Å². The van der Waals surface area contributed by atoms with Gasteiger partial charge in [-0.1, -0.05) is 11.6 Å². The topological polar surface area (TPSA) is 83.8 Å². The third kappa shape index (κ3) is 4.63. The van der Waals surface area contributed by atoms with Crippen molar-refractivity contribution < 1.29 is 22.4 Å². The zero-order valence-electron chi connectivity index (χ0n) is 15.5. The Labute approximate surface area is 178 Å². The van der Waals surface area contributed by atoms with Gasteiger partial charge in [-0.15, -0.1) is 11.8 Å². The Hall–Kier alpha value is -2.90. The number of aromatic nitrogens is 2. The second-order valence-corrected chi connectivity index (χ2v) is 7.52. The van der Waals surface area contributed by atoms with Crippen molar-refractivity contribution in [2.45, 2.75) is 18.1 Å². The van der Waals surface area contributed by atoms with Crippen LogP contribution in [0.1, 0.15) is 27.2 Å². The van der Waals surface area contributed by atoms with Gasteiger partial charge in [0.2, 0.25) is 5.88 Å². The molecule has 0 saturated heterocycles. The van der Waals surface area contributed by atoms with Crippen LogP contribution in [0.15, 0.2) is 46.2 Å². The van der Waals surface area contributed by atoms with Crippen LogP contribution in [-0.2, 0) is 6.18 Å². The number of halogens is 4. The summed E-state index contributed by atoms with van der Waals surface area (Å²) in [6.45, 7) is 1.76. The van der Waals surface area contributed by atoms with Crippen LogP contribution in [0.4, 0.5) is 13.2 Å². The van der Waals surface area contributed by atoms with Gasteiger partial charge >= 0.3 is 6.18 Å². The van der Waals surface area contributed by atoms with Crippen molar-refractivity contribution in [3.05, 3.63) is 64.3 Å². The molecular weight excluding hydrogens is 441 g/mol. The molecular formula is C19H14ClF3N4O2S. The minimum Gasteiger partial charge on any atom is -0.443 e. The molecule has 156 valence electrons. The van der Waals surface area contributed by atoms with Crippen molar-refractivity contribution in [3.63, 3.8) is 0 Å². The molecule has 3 aromatic heterocycles. The molecule has 11 heteroatoms. The molecule has 30 heavy (non-hydrogen) atoms. The van der Waals surface area contributed by atoms with Crippen LogP contribution in [-0.4, -0.2) is 27.8 Å². The van der Waals surface area contributed by atoms with E-state index in [2.05, 4.69) is 10.3 Å². The first-order chi connectivity index (χ1) is 14.2. The van der Waals surface area contributed by atoms with Crippen molar-refractivity contribution in [1.82, 2.24) is 14.9 Å². The maximum atomic E-state index is 12.7. The largest absolute Gasteiger partial charge is 0.443 e. The lowest BCUT2D eigenvalue weighted by Crippen LogP contribution is -2.26. The minimum atomic E-state index is -4.52. The summed E-state index contributed by atoms with van der Waals surface area (Å²) >= 11 is 6.97. The maximum Gasteiger partial charge on any atom is 0.417 e. The second-order valence-electron chi connectivity index (χ2n) is 6.03. The lowest BCUT2D eigenvalue weighted by molar-refractivity contribution is -0.137. The fourth-order valence-electron chi connectivity index (χ4n) is 2.65. The van der Waals surface area contributed by atoms with Crippen molar-refractivity contribution in [2.24, 2.45) is 0 Å². The van der Waals surface area contributed by atoms with E-state index in [0.29, 0.717) is 17.7 Å². The van der Waals surface area contributed by atoms with E-state index >= 15 is 0 Å². The zero-order chi connectivity index (χ0) is 21.9. The lowest BCUT2D eigenvalue weighted by Gasteiger charge is -2.09. The maximum absolute atomic E-state index is 12.7. The van der Waals surface area contributed by atoms with Gasteiger partial charge in [0, 0.05) is 30.9 Å². The van der Waals surface area contributed by atoms with E-state index in [9.17, 15) is 23.2 Å². The number of aryl methyl sites for hydroxylation is 1. The predicted molar refractivity (Wildman–Crippen MR) is 105 cm³/mol. The fraction of sp³-hybridized carbons (Fsp3) is 0.211. The first kappa shape index (κ1) is 21.8. The second kappa shape index (κ2) is 8.85. The third-order valence-electron chi connectivity index (χ3n) is 4.00. The fourth-order valence-corrected chi connectivity index (χ4v) is 3.70. The summed E-state index contributed by atoms with van der Waals surface area (Å²) in [6, 6.07) is 6.33. The quantitative estimate of drug-likeness (QED) is 0.425. The van der Waals surface area contributed by atoms with E-state index in [1.54, 1.807) is 36.0 Å². The molecule has 0 unspecified atom stereocenters. The van der Waals surface area contributed by atoms with Gasteiger partial charge in [-0.25, -0.2) is 4.98 Å². The zero-order valence-corrected chi connectivity index (χ0v) is 17.0. The number of nitriles is 1. The molecule has 3 heterocycles. The molecule has 1 N–H and O–H groups in total. The van der Waals surface area contributed by atoms with Crippen LogP contribution < -0.4 is 5.32 Å². The number of nitrogens with zero attached hydrogens (tertiary/aromatic N) is 3. The normalized spacial score (nSPS) is 11.3. The molecule has 6 nitrogen and oxygen atoms in total. The molecule has 0 aliphatic carbocycles. The summed E-state index contributed by atoms with van der Waals surface area (Å²) in [5.41, 5.74) is -0.679. The number of nitrogens with one attached hydrogen (secondary N) is 1. The van der Waals surface area contributed by atoms with Crippen LogP contribution in [0.25, 0.3) is 5.88 Å². The Bertz CT molecular complexity index is 1100. The van der Waals surface area contributed by atoms with Gasteiger partial charge in [0.1, 0.15) is 28.0 Å². The van der Waals surface area contributed by atoms with Gasteiger partial charge in [0.25, 0.3) is 5.91 Å². The molecule has 0 atom stereocenters. The number of pyridine rings is 1. The van der Waals surface area contributed by atoms with Crippen molar-refractivity contribution in [3.8, 4) is 12.0 Å². The standard InChI is InChI=1S/C19H14ClF3N4O2S/c1-11-15(13(9-24)18(29-11)27-5-2-3-6-27)16(28)25-4-7-30-17-14(20)8-12(10-26-17)19(21,22)23/h2-3,5-6,8,10H,4,7H2,1H3,(H,25,28). The number of carbonyl (C=O) groups is 1. The average Bonchev–Trinajstić information content (AvgIpc) is 3.32. The van der Waals surface area contributed by atoms with Crippen LogP contribution in [0.5, 0.6) is 0 Å². The van der Waals surface area contributed by atoms with Crippen molar-refractivity contribution >= 4 is 29.3 Å². The van der Waals surface area contributed by atoms with Crippen LogP contribution in [0.3, 0.4) is 0 Å². The summed E-state index contributed by atoms with van der Waals surface area (Å²) in [7, 11) is 0. The molecule has 3 rings (SSSR count). The molecule has 1 amide bonds. The molecule has 0 aliphatic rings. The molecule has 0 bridgehead atoms. The number of alkyl halides is 3. The van der Waals surface area contributed by atoms with Crippen molar-refractivity contribution in [2.75, 3.05) is 12.3 Å². The molecule has 3 aromatic rings. The number of amides is 1. The molecule has 0 spiro atoms. The Balaban J connectivity index is 1.63. The van der Waals surface area contributed by atoms with E-state index in [-0.39, 0.29) is 33.6 Å². The number of furan rings is 1. The number of hydrogen-bond acceptors (Lipinski definition) is 5. The average molecular weight is 455 g/mol. The highest BCUT2D eigenvalue weighted by Crippen LogP contribution is 2.33. The molecule has 0 aliphatic heterocycles. The first-order valence-electron chi connectivity index (χ1n) is 8.53. The SMILES string of the molecule is Cc1oc(-n2cccc2)c(C#N)c1C(=O)NCCSc1ncc(C(F)(F)F)cc1Cl.